The first kappa shape index (κ1) is 19.8. The number of hydrogen-bond donors (Lipinski definition) is 0. The maximum atomic E-state index is 13.1. The van der Waals surface area contributed by atoms with Crippen molar-refractivity contribution in [1.82, 2.24) is 0 Å². The van der Waals surface area contributed by atoms with Gasteiger partial charge in [0.15, 0.2) is 0 Å². The molecule has 0 saturated heterocycles. The van der Waals surface area contributed by atoms with E-state index in [2.05, 4.69) is 0 Å². The van der Waals surface area contributed by atoms with Crippen molar-refractivity contribution in [2.24, 2.45) is 7.05 Å². The second kappa shape index (κ2) is 7.54. The zero-order valence-corrected chi connectivity index (χ0v) is 17.8. The van der Waals surface area contributed by atoms with Gasteiger partial charge in [-0.05, 0) is 29.8 Å². The highest BCUT2D eigenvalue weighted by Gasteiger charge is 2.19. The van der Waals surface area contributed by atoms with Gasteiger partial charge in [-0.2, -0.15) is 4.57 Å². The molecule has 1 aromatic heterocycles. The third-order valence-electron chi connectivity index (χ3n) is 6.17. The fourth-order valence-electron chi connectivity index (χ4n) is 4.31. The number of benzene rings is 2. The number of nitrogens with zero attached hydrogens (tertiary/aromatic N) is 2. The molecule has 32 heavy (non-hydrogen) atoms. The van der Waals surface area contributed by atoms with Gasteiger partial charge in [0.25, 0.3) is 0 Å². The van der Waals surface area contributed by atoms with E-state index in [1.54, 1.807) is 6.08 Å². The molecule has 0 spiro atoms. The van der Waals surface area contributed by atoms with Gasteiger partial charge in [0.2, 0.25) is 27.5 Å². The number of para-hydroxylation sites is 2. The largest absolute Gasteiger partial charge is 0.364 e. The van der Waals surface area contributed by atoms with Gasteiger partial charge in [-0.15, -0.1) is 0 Å². The van der Waals surface area contributed by atoms with Crippen LogP contribution in [0, 0.1) is 0 Å². The van der Waals surface area contributed by atoms with E-state index < -0.39 is 16.3 Å². The van der Waals surface area contributed by atoms with Crippen molar-refractivity contribution in [3.8, 4) is 0 Å². The van der Waals surface area contributed by atoms with Crippen LogP contribution in [-0.2, 0) is 7.05 Å². The molecular weight excluding hydrogens is 400 g/mol. The van der Waals surface area contributed by atoms with Crippen molar-refractivity contribution in [3.05, 3.63) is 119 Å². The maximum absolute atomic E-state index is 13.1. The molecule has 1 aliphatic rings. The molecular formula is C27H21N2O3+. The highest BCUT2D eigenvalue weighted by molar-refractivity contribution is 5.76. The first-order valence-corrected chi connectivity index (χ1v) is 10.4. The zero-order chi connectivity index (χ0) is 22.4. The van der Waals surface area contributed by atoms with Gasteiger partial charge < -0.3 is 4.90 Å². The van der Waals surface area contributed by atoms with E-state index in [0.717, 1.165) is 22.2 Å². The van der Waals surface area contributed by atoms with Crippen molar-refractivity contribution in [3.63, 3.8) is 0 Å². The lowest BCUT2D eigenvalue weighted by Gasteiger charge is -2.30. The van der Waals surface area contributed by atoms with Gasteiger partial charge in [0.1, 0.15) is 7.05 Å². The summed E-state index contributed by atoms with van der Waals surface area (Å²) in [6.45, 7) is 0. The number of rotatable bonds is 2. The van der Waals surface area contributed by atoms with Crippen molar-refractivity contribution in [2.45, 2.75) is 6.04 Å². The van der Waals surface area contributed by atoms with Crippen molar-refractivity contribution < 1.29 is 4.57 Å². The first-order valence-electron chi connectivity index (χ1n) is 10.4. The van der Waals surface area contributed by atoms with Gasteiger partial charge in [-0.3, -0.25) is 14.4 Å². The monoisotopic (exact) mass is 421 g/mol. The molecule has 0 saturated carbocycles. The number of likely N-dealkylation sites (N-methyl/N-ethyl adjacent to an activating group) is 1. The molecule has 0 N–H and O–H groups in total. The van der Waals surface area contributed by atoms with Gasteiger partial charge in [0.05, 0.1) is 16.5 Å². The molecule has 2 heterocycles. The van der Waals surface area contributed by atoms with E-state index in [4.69, 9.17) is 0 Å². The summed E-state index contributed by atoms with van der Waals surface area (Å²) in [6, 6.07) is 19.2. The maximum Gasteiger partial charge on any atom is 0.237 e. The quantitative estimate of drug-likeness (QED) is 0.354. The molecule has 3 aromatic carbocycles. The normalized spacial score (nSPS) is 16.7. The molecule has 4 aromatic rings. The van der Waals surface area contributed by atoms with Crippen LogP contribution in [0.3, 0.4) is 0 Å². The summed E-state index contributed by atoms with van der Waals surface area (Å²) in [6.07, 6.45) is 7.00. The summed E-state index contributed by atoms with van der Waals surface area (Å²) in [5, 5.41) is 0.894. The number of anilines is 1. The number of pyridine rings is 1. The van der Waals surface area contributed by atoms with E-state index in [9.17, 15) is 14.4 Å². The fraction of sp³-hybridized carbons (Fsp3) is 0.111. The van der Waals surface area contributed by atoms with Gasteiger partial charge in [-0.25, -0.2) is 0 Å². The standard InChI is InChI=1S/C27H21N2O3/c1-28-19(13-11-17-7-3-5-9-23(17)28)15-21-25(30)22(27(32)26(21)31)16-20-14-12-18-8-4-6-10-24(18)29(20)2/h3-16,19H,1-2H3/q+1. The highest BCUT2D eigenvalue weighted by Crippen LogP contribution is 2.27. The summed E-state index contributed by atoms with van der Waals surface area (Å²) < 4.78 is 1.91. The summed E-state index contributed by atoms with van der Waals surface area (Å²) in [5.41, 5.74) is 1.69. The molecule has 0 radical (unpaired) electrons. The second-order valence-corrected chi connectivity index (χ2v) is 8.02. The zero-order valence-electron chi connectivity index (χ0n) is 17.8. The molecule has 1 aliphatic heterocycles. The van der Waals surface area contributed by atoms with E-state index in [1.807, 2.05) is 96.4 Å². The van der Waals surface area contributed by atoms with Crippen LogP contribution in [0.4, 0.5) is 5.69 Å². The Balaban J connectivity index is 1.67. The summed E-state index contributed by atoms with van der Waals surface area (Å²) in [7, 11) is 3.78. The lowest BCUT2D eigenvalue weighted by atomic mass is 10.0. The van der Waals surface area contributed by atoms with Crippen LogP contribution in [0.1, 0.15) is 11.3 Å². The van der Waals surface area contributed by atoms with E-state index >= 15 is 0 Å². The first-order chi connectivity index (χ1) is 15.5. The molecule has 0 aliphatic carbocycles. The molecule has 0 bridgehead atoms. The SMILES string of the molecule is CN1c2ccccc2C=CC1C=c1c(=O)c(=O)c(=Cc2ccc3ccccc3[n+]2C)c1=O. The van der Waals surface area contributed by atoms with Crippen LogP contribution in [-0.4, -0.2) is 13.1 Å². The van der Waals surface area contributed by atoms with Crippen molar-refractivity contribution in [1.29, 1.82) is 0 Å². The third-order valence-corrected chi connectivity index (χ3v) is 6.17. The topological polar surface area (TPSA) is 58.3 Å². The predicted molar refractivity (Wildman–Crippen MR) is 128 cm³/mol. The smallest absolute Gasteiger partial charge is 0.237 e. The van der Waals surface area contributed by atoms with Gasteiger partial charge >= 0.3 is 0 Å². The summed E-state index contributed by atoms with van der Waals surface area (Å²) >= 11 is 0. The van der Waals surface area contributed by atoms with Crippen molar-refractivity contribution in [2.75, 3.05) is 11.9 Å². The fourth-order valence-corrected chi connectivity index (χ4v) is 4.31. The van der Waals surface area contributed by atoms with Gasteiger partial charge in [-0.1, -0.05) is 42.5 Å². The highest BCUT2D eigenvalue weighted by atomic mass is 16.2. The third kappa shape index (κ3) is 3.10. The van der Waals surface area contributed by atoms with Crippen LogP contribution in [0.2, 0.25) is 0 Å². The molecule has 1 atom stereocenters. The molecule has 0 amide bonds. The average molecular weight is 421 g/mol. The van der Waals surface area contributed by atoms with Crippen LogP contribution < -0.4 is 36.2 Å². The number of aromatic nitrogens is 1. The van der Waals surface area contributed by atoms with Gasteiger partial charge in [0, 0.05) is 36.3 Å². The number of aryl methyl sites for hydroxylation is 1. The van der Waals surface area contributed by atoms with Crippen molar-refractivity contribution >= 4 is 34.8 Å². The van der Waals surface area contributed by atoms with Crippen LogP contribution in [0.25, 0.3) is 29.1 Å². The summed E-state index contributed by atoms with van der Waals surface area (Å²) in [5.74, 6) is 0. The second-order valence-electron chi connectivity index (χ2n) is 8.02. The van der Waals surface area contributed by atoms with E-state index in [1.165, 1.54) is 6.08 Å². The van der Waals surface area contributed by atoms with Crippen LogP contribution in [0.15, 0.2) is 81.1 Å². The van der Waals surface area contributed by atoms with Crippen LogP contribution in [0.5, 0.6) is 0 Å². The minimum atomic E-state index is -0.753. The Hall–Kier alpha value is -4.12. The lowest BCUT2D eigenvalue weighted by molar-refractivity contribution is -0.646. The Morgan fingerprint density at radius 3 is 2.41 bits per heavy atom. The minimum Gasteiger partial charge on any atom is -0.364 e. The lowest BCUT2D eigenvalue weighted by Crippen LogP contribution is -2.41. The molecule has 156 valence electrons. The molecule has 1 unspecified atom stereocenters. The molecule has 5 rings (SSSR count). The van der Waals surface area contributed by atoms with Crippen LogP contribution >= 0.6 is 0 Å². The minimum absolute atomic E-state index is 0.0643. The Labute approximate surface area is 183 Å². The molecule has 5 heteroatoms. The van der Waals surface area contributed by atoms with E-state index in [-0.39, 0.29) is 16.5 Å². The molecule has 5 nitrogen and oxygen atoms in total. The number of hydrogen-bond acceptors (Lipinski definition) is 4. The summed E-state index contributed by atoms with van der Waals surface area (Å²) in [4.78, 5) is 40.5. The Morgan fingerprint density at radius 1 is 0.844 bits per heavy atom. The Morgan fingerprint density at radius 2 is 1.56 bits per heavy atom. The average Bonchev–Trinajstić information content (AvgIpc) is 3.01. The predicted octanol–water partition coefficient (Wildman–Crippen LogP) is 0.762. The Bertz CT molecular complexity index is 1670. The van der Waals surface area contributed by atoms with E-state index in [0.29, 0.717) is 5.69 Å². The Kier molecular flexibility index (Phi) is 4.67. The molecule has 0 fully saturated rings. The number of fused-ring (bicyclic) bond motifs is 2.